The number of fused-ring (bicyclic) bond motifs is 5. The van der Waals surface area contributed by atoms with Crippen LogP contribution in [0.5, 0.6) is 0 Å². The Morgan fingerprint density at radius 1 is 0.861 bits per heavy atom. The molecule has 1 heterocycles. The van der Waals surface area contributed by atoms with Crippen LogP contribution in [0.25, 0.3) is 0 Å². The van der Waals surface area contributed by atoms with Crippen LogP contribution in [-0.2, 0) is 9.59 Å². The van der Waals surface area contributed by atoms with E-state index in [0.717, 1.165) is 41.4 Å². The zero-order valence-corrected chi connectivity index (χ0v) is 18.8. The molecule has 2 aromatic rings. The molecule has 0 spiro atoms. The van der Waals surface area contributed by atoms with Gasteiger partial charge in [-0.3, -0.25) is 39.4 Å². The summed E-state index contributed by atoms with van der Waals surface area (Å²) in [5.41, 5.74) is -0.978. The Balaban J connectivity index is 1.52. The van der Waals surface area contributed by atoms with Crippen molar-refractivity contribution in [3.63, 3.8) is 0 Å². The maximum Gasteiger partial charge on any atom is 0.273 e. The number of ketones is 1. The van der Waals surface area contributed by atoms with Gasteiger partial charge in [-0.05, 0) is 37.2 Å². The van der Waals surface area contributed by atoms with E-state index in [-0.39, 0.29) is 34.3 Å². The highest BCUT2D eigenvalue weighted by molar-refractivity contribution is 6.10. The van der Waals surface area contributed by atoms with Crippen LogP contribution in [0.4, 0.5) is 11.4 Å². The van der Waals surface area contributed by atoms with Crippen LogP contribution in [0.3, 0.4) is 0 Å². The molecule has 3 aliphatic rings. The van der Waals surface area contributed by atoms with Crippen molar-refractivity contribution in [1.29, 1.82) is 0 Å². The standard InChI is InChI=1S/C24H20N4O8/c29-19(13-3-1-5-17(10-13)27(33)34)12-25(22(30)16-4-2-6-18(11-16)28(35)36)26-23(31)20-14-7-8-15(9-14)21(20)24(26)32/h1-6,10-11,14-15,20-21H,7-9,12H2/t14-,15-,20-,21-/m0/s1. The molecule has 12 heteroatoms. The van der Waals surface area contributed by atoms with Crippen LogP contribution >= 0.6 is 0 Å². The van der Waals surface area contributed by atoms with Gasteiger partial charge < -0.3 is 0 Å². The third kappa shape index (κ3) is 3.70. The highest BCUT2D eigenvalue weighted by Crippen LogP contribution is 2.56. The molecule has 36 heavy (non-hydrogen) atoms. The van der Waals surface area contributed by atoms with Gasteiger partial charge in [-0.1, -0.05) is 18.2 Å². The molecule has 0 N–H and O–H groups in total. The van der Waals surface area contributed by atoms with Gasteiger partial charge >= 0.3 is 0 Å². The predicted molar refractivity (Wildman–Crippen MR) is 121 cm³/mol. The Morgan fingerprint density at radius 2 is 1.36 bits per heavy atom. The molecule has 1 saturated heterocycles. The summed E-state index contributed by atoms with van der Waals surface area (Å²) < 4.78 is 0. The van der Waals surface area contributed by atoms with Crippen molar-refractivity contribution < 1.29 is 29.0 Å². The van der Waals surface area contributed by atoms with E-state index in [2.05, 4.69) is 0 Å². The molecule has 0 aromatic heterocycles. The number of benzene rings is 2. The molecule has 184 valence electrons. The highest BCUT2D eigenvalue weighted by atomic mass is 16.6. The van der Waals surface area contributed by atoms with Gasteiger partial charge in [-0.2, -0.15) is 5.01 Å². The first-order valence-electron chi connectivity index (χ1n) is 11.4. The lowest BCUT2D eigenvalue weighted by molar-refractivity contribution is -0.385. The van der Waals surface area contributed by atoms with Crippen LogP contribution in [0, 0.1) is 43.9 Å². The number of nitro groups is 2. The molecule has 0 radical (unpaired) electrons. The molecule has 5 rings (SSSR count). The average molecular weight is 492 g/mol. The Hall–Kier alpha value is -4.48. The number of carbonyl (C=O) groups excluding carboxylic acids is 4. The van der Waals surface area contributed by atoms with E-state index in [1.54, 1.807) is 0 Å². The zero-order chi connectivity index (χ0) is 25.7. The first kappa shape index (κ1) is 23.3. The fourth-order valence-corrected chi connectivity index (χ4v) is 5.79. The third-order valence-electron chi connectivity index (χ3n) is 7.36. The van der Waals surface area contributed by atoms with Crippen molar-refractivity contribution in [2.24, 2.45) is 23.7 Å². The van der Waals surface area contributed by atoms with Gasteiger partial charge in [0.25, 0.3) is 29.1 Å². The number of Topliss-reactive ketones (excluding diaryl/α,β-unsaturated/α-hetero) is 1. The number of nitrogens with zero attached hydrogens (tertiary/aromatic N) is 4. The van der Waals surface area contributed by atoms with Crippen molar-refractivity contribution in [1.82, 2.24) is 10.0 Å². The molecule has 2 bridgehead atoms. The second-order valence-electron chi connectivity index (χ2n) is 9.27. The monoisotopic (exact) mass is 492 g/mol. The topological polar surface area (TPSA) is 161 Å². The second kappa shape index (κ2) is 8.63. The smallest absolute Gasteiger partial charge is 0.273 e. The van der Waals surface area contributed by atoms with E-state index in [1.165, 1.54) is 36.4 Å². The summed E-state index contributed by atoms with van der Waals surface area (Å²) in [6.45, 7) is -0.755. The minimum Gasteiger partial charge on any atom is -0.292 e. The number of hydrazine groups is 1. The molecule has 4 atom stereocenters. The van der Waals surface area contributed by atoms with E-state index in [1.807, 2.05) is 0 Å². The molecule has 3 fully saturated rings. The lowest BCUT2D eigenvalue weighted by Gasteiger charge is -2.30. The third-order valence-corrected chi connectivity index (χ3v) is 7.36. The van der Waals surface area contributed by atoms with Crippen LogP contribution < -0.4 is 0 Å². The number of hydrogen-bond acceptors (Lipinski definition) is 8. The van der Waals surface area contributed by atoms with Crippen molar-refractivity contribution in [3.05, 3.63) is 79.9 Å². The molecule has 12 nitrogen and oxygen atoms in total. The van der Waals surface area contributed by atoms with Gasteiger partial charge in [-0.25, -0.2) is 5.01 Å². The summed E-state index contributed by atoms with van der Waals surface area (Å²) in [4.78, 5) is 74.5. The van der Waals surface area contributed by atoms with E-state index >= 15 is 0 Å². The Kier molecular flexibility index (Phi) is 5.58. The Bertz CT molecular complexity index is 1310. The fourth-order valence-electron chi connectivity index (χ4n) is 5.79. The summed E-state index contributed by atoms with van der Waals surface area (Å²) in [6.07, 6.45) is 2.39. The molecule has 0 unspecified atom stereocenters. The lowest BCUT2D eigenvalue weighted by atomic mass is 9.81. The number of carbonyl (C=O) groups is 4. The molecular weight excluding hydrogens is 472 g/mol. The van der Waals surface area contributed by atoms with E-state index in [4.69, 9.17) is 0 Å². The first-order chi connectivity index (χ1) is 17.2. The van der Waals surface area contributed by atoms with Gasteiger partial charge in [0.2, 0.25) is 0 Å². The SMILES string of the molecule is O=C(CN(C(=O)c1cccc([N+](=O)[O-])c1)N1C(=O)[C@H]2[C@H]3CC[C@@H](C3)[C@@H]2C1=O)c1cccc([N+](=O)[O-])c1. The minimum atomic E-state index is -0.938. The summed E-state index contributed by atoms with van der Waals surface area (Å²) in [6, 6.07) is 9.64. The van der Waals surface area contributed by atoms with E-state index < -0.39 is 51.7 Å². The molecule has 3 amide bonds. The lowest BCUT2D eigenvalue weighted by Crippen LogP contribution is -2.52. The summed E-state index contributed by atoms with van der Waals surface area (Å²) in [5, 5.41) is 23.8. The number of amides is 3. The second-order valence-corrected chi connectivity index (χ2v) is 9.27. The maximum atomic E-state index is 13.5. The fraction of sp³-hybridized carbons (Fsp3) is 0.333. The maximum absolute atomic E-state index is 13.5. The van der Waals surface area contributed by atoms with E-state index in [9.17, 15) is 39.4 Å². The first-order valence-corrected chi connectivity index (χ1v) is 11.4. The normalized spacial score (nSPS) is 24.1. The van der Waals surface area contributed by atoms with Crippen LogP contribution in [0.1, 0.15) is 40.0 Å². The number of non-ortho nitro benzene ring substituents is 2. The summed E-state index contributed by atoms with van der Waals surface area (Å²) >= 11 is 0. The van der Waals surface area contributed by atoms with Crippen molar-refractivity contribution in [3.8, 4) is 0 Å². The van der Waals surface area contributed by atoms with Crippen LogP contribution in [0.2, 0.25) is 0 Å². The molecular formula is C24H20N4O8. The quantitative estimate of drug-likeness (QED) is 0.247. The van der Waals surface area contributed by atoms with E-state index in [0.29, 0.717) is 0 Å². The minimum absolute atomic E-state index is 0.0312. The van der Waals surface area contributed by atoms with Gasteiger partial charge in [0.05, 0.1) is 21.7 Å². The van der Waals surface area contributed by atoms with Crippen LogP contribution in [0.15, 0.2) is 48.5 Å². The summed E-state index contributed by atoms with van der Waals surface area (Å²) in [7, 11) is 0. The van der Waals surface area contributed by atoms with Crippen molar-refractivity contribution in [2.75, 3.05) is 6.54 Å². The van der Waals surface area contributed by atoms with Crippen molar-refractivity contribution in [2.45, 2.75) is 19.3 Å². The van der Waals surface area contributed by atoms with Gasteiger partial charge in [0, 0.05) is 35.4 Å². The average Bonchev–Trinajstić information content (AvgIpc) is 3.56. The largest absolute Gasteiger partial charge is 0.292 e. The van der Waals surface area contributed by atoms with Gasteiger partial charge in [-0.15, -0.1) is 0 Å². The molecule has 2 aliphatic carbocycles. The van der Waals surface area contributed by atoms with Crippen LogP contribution in [-0.4, -0.2) is 49.9 Å². The highest BCUT2D eigenvalue weighted by Gasteiger charge is 2.62. The Morgan fingerprint density at radius 3 is 1.89 bits per heavy atom. The Labute approximate surface area is 203 Å². The molecule has 1 aliphatic heterocycles. The number of hydrogen-bond donors (Lipinski definition) is 0. The summed E-state index contributed by atoms with van der Waals surface area (Å²) in [5.74, 6) is -3.88. The van der Waals surface area contributed by atoms with Gasteiger partial charge in [0.1, 0.15) is 6.54 Å². The zero-order valence-electron chi connectivity index (χ0n) is 18.8. The molecule has 2 saturated carbocycles. The van der Waals surface area contributed by atoms with Crippen molar-refractivity contribution >= 4 is 34.9 Å². The van der Waals surface area contributed by atoms with Gasteiger partial charge in [0.15, 0.2) is 5.78 Å². The molecule has 2 aromatic carbocycles. The number of rotatable bonds is 7. The number of imide groups is 1. The number of nitro benzene ring substituents is 2. The predicted octanol–water partition coefficient (Wildman–Crippen LogP) is 2.77.